The second kappa shape index (κ2) is 7.87. The molecule has 0 aliphatic heterocycles. The Morgan fingerprint density at radius 2 is 1.92 bits per heavy atom. The first-order valence-electron chi connectivity index (χ1n) is 7.00. The van der Waals surface area contributed by atoms with E-state index in [1.807, 2.05) is 0 Å². The molecule has 2 N–H and O–H groups in total. The van der Waals surface area contributed by atoms with Gasteiger partial charge in [-0.1, -0.05) is 0 Å². The number of halogens is 2. The van der Waals surface area contributed by atoms with Crippen LogP contribution in [0.15, 0.2) is 27.3 Å². The molecule has 1 heterocycles. The molecule has 0 saturated carbocycles. The summed E-state index contributed by atoms with van der Waals surface area (Å²) in [7, 11) is 3.13. The Hall–Kier alpha value is -2.07. The number of methoxy groups -OCH3 is 1. The number of carboxylic acids is 1. The molecule has 0 aliphatic carbocycles. The van der Waals surface area contributed by atoms with Crippen LogP contribution in [0.1, 0.15) is 17.3 Å². The van der Waals surface area contributed by atoms with Crippen molar-refractivity contribution in [2.24, 2.45) is 7.05 Å². The summed E-state index contributed by atoms with van der Waals surface area (Å²) in [4.78, 5) is 23.5. The van der Waals surface area contributed by atoms with Gasteiger partial charge in [-0.3, -0.25) is 4.79 Å². The van der Waals surface area contributed by atoms with Gasteiger partial charge in [0.15, 0.2) is 17.7 Å². The number of aryl methyl sites for hydroxylation is 1. The van der Waals surface area contributed by atoms with Crippen molar-refractivity contribution < 1.29 is 24.2 Å². The van der Waals surface area contributed by atoms with Crippen LogP contribution in [-0.4, -0.2) is 40.0 Å². The highest BCUT2D eigenvalue weighted by molar-refractivity contribution is 9.11. The molecule has 0 spiro atoms. The van der Waals surface area contributed by atoms with Gasteiger partial charge in [-0.25, -0.2) is 9.48 Å². The molecule has 1 aromatic carbocycles. The van der Waals surface area contributed by atoms with Crippen molar-refractivity contribution >= 4 is 49.6 Å². The maximum Gasteiger partial charge on any atom is 0.344 e. The number of aromatic nitrogens is 2. The third-order valence-corrected chi connectivity index (χ3v) is 4.43. The van der Waals surface area contributed by atoms with E-state index in [1.54, 1.807) is 19.2 Å². The fourth-order valence-electron chi connectivity index (χ4n) is 1.95. The number of carbonyl (C=O) groups excluding carboxylic acids is 1. The number of hydrogen-bond donors (Lipinski definition) is 2. The fourth-order valence-corrected chi connectivity index (χ4v) is 3.46. The third kappa shape index (κ3) is 4.31. The zero-order valence-electron chi connectivity index (χ0n) is 13.5. The second-order valence-electron chi connectivity index (χ2n) is 5.01. The molecule has 0 unspecified atom stereocenters. The number of carboxylic acid groups (broad SMARTS) is 1. The van der Waals surface area contributed by atoms with Gasteiger partial charge in [-0.2, -0.15) is 5.10 Å². The number of carbonyl (C=O) groups is 2. The highest BCUT2D eigenvalue weighted by Crippen LogP contribution is 2.35. The molecule has 2 aromatic rings. The van der Waals surface area contributed by atoms with Crippen molar-refractivity contribution in [3.8, 4) is 11.5 Å². The van der Waals surface area contributed by atoms with Gasteiger partial charge in [0.05, 0.1) is 22.3 Å². The Bertz CT molecular complexity index is 798. The quantitative estimate of drug-likeness (QED) is 0.664. The van der Waals surface area contributed by atoms with Crippen molar-refractivity contribution in [2.45, 2.75) is 13.0 Å². The first-order valence-corrected chi connectivity index (χ1v) is 8.59. The molecule has 10 heteroatoms. The van der Waals surface area contributed by atoms with Crippen molar-refractivity contribution in [1.29, 1.82) is 0 Å². The lowest BCUT2D eigenvalue weighted by molar-refractivity contribution is -0.144. The smallest absolute Gasteiger partial charge is 0.344 e. The van der Waals surface area contributed by atoms with E-state index in [2.05, 4.69) is 42.3 Å². The van der Waals surface area contributed by atoms with E-state index in [9.17, 15) is 9.59 Å². The molecule has 134 valence electrons. The summed E-state index contributed by atoms with van der Waals surface area (Å²) < 4.78 is 13.1. The van der Waals surface area contributed by atoms with Gasteiger partial charge in [0.1, 0.15) is 5.75 Å². The highest BCUT2D eigenvalue weighted by atomic mass is 79.9. The summed E-state index contributed by atoms with van der Waals surface area (Å²) in [6, 6.07) is 3.21. The van der Waals surface area contributed by atoms with Crippen LogP contribution >= 0.6 is 31.9 Å². The number of aliphatic carboxylic acids is 1. The zero-order chi connectivity index (χ0) is 18.7. The van der Waals surface area contributed by atoms with Crippen LogP contribution in [0.5, 0.6) is 11.5 Å². The van der Waals surface area contributed by atoms with Gasteiger partial charge in [-0.15, -0.1) is 0 Å². The molecule has 0 radical (unpaired) electrons. The van der Waals surface area contributed by atoms with Crippen molar-refractivity contribution in [3.63, 3.8) is 0 Å². The lowest BCUT2D eigenvalue weighted by Crippen LogP contribution is -2.24. The number of nitrogens with zero attached hydrogens (tertiary/aromatic N) is 2. The number of anilines is 1. The maximum atomic E-state index is 12.5. The third-order valence-electron chi connectivity index (χ3n) is 3.25. The summed E-state index contributed by atoms with van der Waals surface area (Å²) in [6.45, 7) is 1.39. The van der Waals surface area contributed by atoms with E-state index in [4.69, 9.17) is 14.6 Å². The average Bonchev–Trinajstić information content (AvgIpc) is 2.87. The van der Waals surface area contributed by atoms with E-state index in [0.717, 1.165) is 0 Å². The Morgan fingerprint density at radius 1 is 1.32 bits per heavy atom. The molecule has 0 fully saturated rings. The standard InChI is InChI=1S/C15H15Br2N3O5/c1-7(15(22)23)25-11-6-18-20(2)13(11)19-14(21)8-4-9(16)12(24-3)10(17)5-8/h4-7H,1-3H3,(H,19,21)(H,22,23)/t7-/m1/s1. The largest absolute Gasteiger partial charge is 0.494 e. The van der Waals surface area contributed by atoms with Gasteiger partial charge < -0.3 is 19.9 Å². The van der Waals surface area contributed by atoms with Crippen molar-refractivity contribution in [1.82, 2.24) is 9.78 Å². The van der Waals surface area contributed by atoms with E-state index in [-0.39, 0.29) is 11.6 Å². The van der Waals surface area contributed by atoms with E-state index >= 15 is 0 Å². The number of benzene rings is 1. The van der Waals surface area contributed by atoms with E-state index in [1.165, 1.54) is 24.9 Å². The second-order valence-corrected chi connectivity index (χ2v) is 6.72. The minimum atomic E-state index is -1.12. The van der Waals surface area contributed by atoms with Gasteiger partial charge in [0.2, 0.25) is 0 Å². The first kappa shape index (κ1) is 19.3. The number of amides is 1. The minimum Gasteiger partial charge on any atom is -0.494 e. The normalized spacial score (nSPS) is 11.7. The number of ether oxygens (including phenoxy) is 2. The molecule has 0 saturated heterocycles. The van der Waals surface area contributed by atoms with Crippen LogP contribution in [0.4, 0.5) is 5.82 Å². The van der Waals surface area contributed by atoms with Gasteiger partial charge in [-0.05, 0) is 50.9 Å². The van der Waals surface area contributed by atoms with Crippen LogP contribution < -0.4 is 14.8 Å². The Balaban J connectivity index is 2.27. The van der Waals surface area contributed by atoms with Crippen LogP contribution in [-0.2, 0) is 11.8 Å². The maximum absolute atomic E-state index is 12.5. The van der Waals surface area contributed by atoms with Crippen LogP contribution in [0.2, 0.25) is 0 Å². The predicted octanol–water partition coefficient (Wildman–Crippen LogP) is 3.06. The molecular weight excluding hydrogens is 462 g/mol. The highest BCUT2D eigenvalue weighted by Gasteiger charge is 2.20. The average molecular weight is 477 g/mol. The zero-order valence-corrected chi connectivity index (χ0v) is 16.7. The van der Waals surface area contributed by atoms with Gasteiger partial charge in [0, 0.05) is 12.6 Å². The molecule has 1 amide bonds. The van der Waals surface area contributed by atoms with Crippen LogP contribution in [0, 0.1) is 0 Å². The van der Waals surface area contributed by atoms with Gasteiger partial charge >= 0.3 is 5.97 Å². The van der Waals surface area contributed by atoms with Crippen LogP contribution in [0.3, 0.4) is 0 Å². The number of nitrogens with one attached hydrogen (secondary N) is 1. The van der Waals surface area contributed by atoms with Crippen LogP contribution in [0.25, 0.3) is 0 Å². The summed E-state index contributed by atoms with van der Waals surface area (Å²) in [5.41, 5.74) is 0.359. The summed E-state index contributed by atoms with van der Waals surface area (Å²) in [5, 5.41) is 15.6. The molecule has 2 rings (SSSR count). The van der Waals surface area contributed by atoms with E-state index < -0.39 is 18.0 Å². The van der Waals surface area contributed by atoms with Crippen molar-refractivity contribution in [2.75, 3.05) is 12.4 Å². The molecule has 8 nitrogen and oxygen atoms in total. The number of hydrogen-bond acceptors (Lipinski definition) is 5. The van der Waals surface area contributed by atoms with Gasteiger partial charge in [0.25, 0.3) is 5.91 Å². The molecule has 0 bridgehead atoms. The predicted molar refractivity (Wildman–Crippen MR) is 97.3 cm³/mol. The summed E-state index contributed by atoms with van der Waals surface area (Å²) in [6.07, 6.45) is 0.263. The summed E-state index contributed by atoms with van der Waals surface area (Å²) >= 11 is 6.68. The van der Waals surface area contributed by atoms with Crippen molar-refractivity contribution in [3.05, 3.63) is 32.8 Å². The Morgan fingerprint density at radius 3 is 2.44 bits per heavy atom. The lowest BCUT2D eigenvalue weighted by atomic mass is 10.2. The van der Waals surface area contributed by atoms with E-state index in [0.29, 0.717) is 20.3 Å². The Kier molecular flexibility index (Phi) is 6.07. The SMILES string of the molecule is COc1c(Br)cc(C(=O)Nc2c(O[C@H](C)C(=O)O)cnn2C)cc1Br. The first-order chi connectivity index (χ1) is 11.7. The number of rotatable bonds is 6. The monoisotopic (exact) mass is 475 g/mol. The Labute approximate surface area is 160 Å². The lowest BCUT2D eigenvalue weighted by Gasteiger charge is -2.13. The molecule has 1 atom stereocenters. The topological polar surface area (TPSA) is 103 Å². The molecule has 1 aromatic heterocycles. The minimum absolute atomic E-state index is 0.164. The summed E-state index contributed by atoms with van der Waals surface area (Å²) in [5.74, 6) is -0.556. The molecular formula is C15H15Br2N3O5. The molecule has 0 aliphatic rings. The molecule has 25 heavy (non-hydrogen) atoms. The fraction of sp³-hybridized carbons (Fsp3) is 0.267.